The molecule has 0 saturated carbocycles. The minimum absolute atomic E-state index is 0.200. The number of carboxylic acid groups (broad SMARTS) is 1. The van der Waals surface area contributed by atoms with Gasteiger partial charge in [-0.05, 0) is 23.3 Å². The van der Waals surface area contributed by atoms with Crippen LogP contribution in [-0.4, -0.2) is 17.0 Å². The van der Waals surface area contributed by atoms with Crippen molar-refractivity contribution < 1.29 is 14.7 Å². The average molecular weight is 355 g/mol. The summed E-state index contributed by atoms with van der Waals surface area (Å²) < 4.78 is 0. The second-order valence-corrected chi connectivity index (χ2v) is 5.75. The number of hydrogen-bond donors (Lipinski definition) is 2. The third kappa shape index (κ3) is 4.69. The summed E-state index contributed by atoms with van der Waals surface area (Å²) in [6.45, 7) is 3.31. The standard InChI is InChI=1S/C19H15ClN2O3/c1-12(19(24)25)9-18(23)22-14-7-8-15(17(20)10-14)16(11-21)13-5-3-2-4-6-13/h2-8,10,16H,1,9H2,(H,22,23)(H,24,25). The molecule has 0 fully saturated rings. The number of benzene rings is 2. The summed E-state index contributed by atoms with van der Waals surface area (Å²) in [6.07, 6.45) is -0.320. The topological polar surface area (TPSA) is 90.2 Å². The van der Waals surface area contributed by atoms with Crippen molar-refractivity contribution in [2.24, 2.45) is 0 Å². The summed E-state index contributed by atoms with van der Waals surface area (Å²) in [5.41, 5.74) is 1.67. The molecule has 0 bridgehead atoms. The van der Waals surface area contributed by atoms with Gasteiger partial charge in [0.2, 0.25) is 5.91 Å². The van der Waals surface area contributed by atoms with Crippen LogP contribution in [0.15, 0.2) is 60.7 Å². The molecule has 2 N–H and O–H groups in total. The maximum atomic E-state index is 11.8. The smallest absolute Gasteiger partial charge is 0.331 e. The Morgan fingerprint density at radius 3 is 2.48 bits per heavy atom. The highest BCUT2D eigenvalue weighted by atomic mass is 35.5. The minimum atomic E-state index is -1.22. The van der Waals surface area contributed by atoms with Crippen LogP contribution in [0.3, 0.4) is 0 Å². The number of nitrogens with one attached hydrogen (secondary N) is 1. The number of carbonyl (C=O) groups excluding carboxylic acids is 1. The zero-order valence-electron chi connectivity index (χ0n) is 13.2. The van der Waals surface area contributed by atoms with Crippen molar-refractivity contribution in [2.45, 2.75) is 12.3 Å². The summed E-state index contributed by atoms with van der Waals surface area (Å²) in [4.78, 5) is 22.5. The zero-order valence-corrected chi connectivity index (χ0v) is 14.0. The maximum Gasteiger partial charge on any atom is 0.331 e. The van der Waals surface area contributed by atoms with Crippen molar-refractivity contribution in [3.05, 3.63) is 76.8 Å². The molecule has 0 aliphatic rings. The highest BCUT2D eigenvalue weighted by Gasteiger charge is 2.17. The fourth-order valence-electron chi connectivity index (χ4n) is 2.28. The van der Waals surface area contributed by atoms with Crippen molar-refractivity contribution in [1.29, 1.82) is 5.26 Å². The lowest BCUT2D eigenvalue weighted by molar-refractivity contribution is -0.133. The number of halogens is 1. The Morgan fingerprint density at radius 1 is 1.24 bits per heavy atom. The maximum absolute atomic E-state index is 11.8. The van der Waals surface area contributed by atoms with Crippen LogP contribution in [0, 0.1) is 11.3 Å². The van der Waals surface area contributed by atoms with Crippen molar-refractivity contribution in [2.75, 3.05) is 5.32 Å². The van der Waals surface area contributed by atoms with Crippen molar-refractivity contribution in [3.63, 3.8) is 0 Å². The van der Waals surface area contributed by atoms with Gasteiger partial charge in [-0.1, -0.05) is 54.6 Å². The van der Waals surface area contributed by atoms with Crippen LogP contribution < -0.4 is 5.32 Å². The fraction of sp³-hybridized carbons (Fsp3) is 0.105. The number of aliphatic carboxylic acids is 1. The number of hydrogen-bond acceptors (Lipinski definition) is 3. The van der Waals surface area contributed by atoms with Crippen LogP contribution in [0.2, 0.25) is 5.02 Å². The molecule has 2 rings (SSSR count). The third-order valence-corrected chi connectivity index (χ3v) is 3.86. The van der Waals surface area contributed by atoms with Gasteiger partial charge in [0, 0.05) is 16.3 Å². The van der Waals surface area contributed by atoms with Crippen LogP contribution in [0.5, 0.6) is 0 Å². The summed E-state index contributed by atoms with van der Waals surface area (Å²) in [5, 5.41) is 21.1. The lowest BCUT2D eigenvalue weighted by atomic mass is 9.92. The molecule has 0 radical (unpaired) electrons. The molecule has 0 saturated heterocycles. The van der Waals surface area contributed by atoms with Gasteiger partial charge in [-0.15, -0.1) is 0 Å². The lowest BCUT2D eigenvalue weighted by Gasteiger charge is -2.13. The van der Waals surface area contributed by atoms with E-state index in [1.165, 1.54) is 6.07 Å². The van der Waals surface area contributed by atoms with E-state index in [4.69, 9.17) is 16.7 Å². The zero-order chi connectivity index (χ0) is 18.4. The van der Waals surface area contributed by atoms with Gasteiger partial charge in [0.05, 0.1) is 18.4 Å². The molecule has 6 heteroatoms. The molecule has 0 aliphatic carbocycles. The molecule has 0 spiro atoms. The highest BCUT2D eigenvalue weighted by Crippen LogP contribution is 2.31. The molecular formula is C19H15ClN2O3. The van der Waals surface area contributed by atoms with Crippen LogP contribution in [0.1, 0.15) is 23.5 Å². The molecule has 1 atom stereocenters. The molecule has 1 unspecified atom stereocenters. The molecule has 1 amide bonds. The number of amides is 1. The van der Waals surface area contributed by atoms with E-state index in [9.17, 15) is 14.9 Å². The molecule has 5 nitrogen and oxygen atoms in total. The Hall–Kier alpha value is -3.10. The van der Waals surface area contributed by atoms with Crippen LogP contribution in [-0.2, 0) is 9.59 Å². The Labute approximate surface area is 150 Å². The summed E-state index contributed by atoms with van der Waals surface area (Å²) in [5.74, 6) is -2.25. The van der Waals surface area contributed by atoms with E-state index in [-0.39, 0.29) is 12.0 Å². The minimum Gasteiger partial charge on any atom is -0.478 e. The number of carbonyl (C=O) groups is 2. The number of rotatable bonds is 6. The van der Waals surface area contributed by atoms with Gasteiger partial charge in [-0.3, -0.25) is 4.79 Å². The van der Waals surface area contributed by atoms with Crippen LogP contribution >= 0.6 is 11.6 Å². The Bertz CT molecular complexity index is 857. The third-order valence-electron chi connectivity index (χ3n) is 3.53. The first-order chi connectivity index (χ1) is 11.9. The van der Waals surface area contributed by atoms with Gasteiger partial charge in [-0.25, -0.2) is 4.79 Å². The number of anilines is 1. The molecule has 25 heavy (non-hydrogen) atoms. The first-order valence-electron chi connectivity index (χ1n) is 7.37. The van der Waals surface area contributed by atoms with E-state index in [0.29, 0.717) is 16.3 Å². The Kier molecular flexibility index (Phi) is 5.93. The second kappa shape index (κ2) is 8.13. The van der Waals surface area contributed by atoms with Gasteiger partial charge >= 0.3 is 5.97 Å². The summed E-state index contributed by atoms with van der Waals surface area (Å²) in [6, 6.07) is 16.3. The van der Waals surface area contributed by atoms with Gasteiger partial charge in [0.15, 0.2) is 0 Å². The predicted octanol–water partition coefficient (Wildman–Crippen LogP) is 3.96. The summed E-state index contributed by atoms with van der Waals surface area (Å²) >= 11 is 6.28. The van der Waals surface area contributed by atoms with Crippen molar-refractivity contribution >= 4 is 29.2 Å². The normalized spacial score (nSPS) is 11.2. The molecule has 0 aliphatic heterocycles. The van der Waals surface area contributed by atoms with E-state index in [2.05, 4.69) is 18.0 Å². The average Bonchev–Trinajstić information content (AvgIpc) is 2.58. The van der Waals surface area contributed by atoms with Crippen molar-refractivity contribution in [1.82, 2.24) is 0 Å². The molecule has 126 valence electrons. The molecule has 2 aromatic rings. The van der Waals surface area contributed by atoms with Crippen molar-refractivity contribution in [3.8, 4) is 6.07 Å². The molecule has 0 aromatic heterocycles. The van der Waals surface area contributed by atoms with E-state index in [1.807, 2.05) is 30.3 Å². The number of nitrogens with zero attached hydrogens (tertiary/aromatic N) is 1. The first-order valence-corrected chi connectivity index (χ1v) is 7.75. The predicted molar refractivity (Wildman–Crippen MR) is 95.4 cm³/mol. The SMILES string of the molecule is C=C(CC(=O)Nc1ccc(C(C#N)c2ccccc2)c(Cl)c1)C(=O)O. The number of carboxylic acids is 1. The van der Waals surface area contributed by atoms with Crippen LogP contribution in [0.4, 0.5) is 5.69 Å². The van der Waals surface area contributed by atoms with Gasteiger partial charge in [-0.2, -0.15) is 5.26 Å². The fourth-order valence-corrected chi connectivity index (χ4v) is 2.57. The van der Waals surface area contributed by atoms with Crippen LogP contribution in [0.25, 0.3) is 0 Å². The lowest BCUT2D eigenvalue weighted by Crippen LogP contribution is -2.15. The number of nitriles is 1. The van der Waals surface area contributed by atoms with E-state index < -0.39 is 17.8 Å². The molecule has 2 aromatic carbocycles. The second-order valence-electron chi connectivity index (χ2n) is 5.34. The van der Waals surface area contributed by atoms with Gasteiger partial charge in [0.1, 0.15) is 0 Å². The Morgan fingerprint density at radius 2 is 1.92 bits per heavy atom. The van der Waals surface area contributed by atoms with Gasteiger partial charge < -0.3 is 10.4 Å². The summed E-state index contributed by atoms with van der Waals surface area (Å²) in [7, 11) is 0. The van der Waals surface area contributed by atoms with E-state index in [1.54, 1.807) is 12.1 Å². The Balaban J connectivity index is 2.18. The highest BCUT2D eigenvalue weighted by molar-refractivity contribution is 6.31. The molecular weight excluding hydrogens is 340 g/mol. The molecule has 0 heterocycles. The monoisotopic (exact) mass is 354 g/mol. The van der Waals surface area contributed by atoms with E-state index >= 15 is 0 Å². The van der Waals surface area contributed by atoms with E-state index in [0.717, 1.165) is 5.56 Å². The quantitative estimate of drug-likeness (QED) is 0.768. The first kappa shape index (κ1) is 18.2. The largest absolute Gasteiger partial charge is 0.478 e. The van der Waals surface area contributed by atoms with Gasteiger partial charge in [0.25, 0.3) is 0 Å².